The molecule has 11 heteroatoms. The molecule has 9 nitrogen and oxygen atoms in total. The molecule has 3 amide bonds. The van der Waals surface area contributed by atoms with Gasteiger partial charge in [0.1, 0.15) is 17.8 Å². The molecule has 2 aromatic heterocycles. The van der Waals surface area contributed by atoms with E-state index in [2.05, 4.69) is 27.3 Å². The minimum atomic E-state index is -0.971. The van der Waals surface area contributed by atoms with Gasteiger partial charge in [0.2, 0.25) is 0 Å². The average molecular weight is 521 g/mol. The van der Waals surface area contributed by atoms with Gasteiger partial charge in [-0.05, 0) is 36.5 Å². The van der Waals surface area contributed by atoms with E-state index in [9.17, 15) is 14.9 Å². The first-order chi connectivity index (χ1) is 17.3. The van der Waals surface area contributed by atoms with Gasteiger partial charge in [0.15, 0.2) is 5.01 Å². The number of anilines is 1. The molecule has 1 aliphatic rings. The van der Waals surface area contributed by atoms with Gasteiger partial charge in [-0.15, -0.1) is 17.8 Å². The molecule has 182 valence electrons. The topological polar surface area (TPSA) is 134 Å². The minimum absolute atomic E-state index is 0.197. The van der Waals surface area contributed by atoms with Gasteiger partial charge in [-0.25, -0.2) is 14.6 Å². The van der Waals surface area contributed by atoms with Crippen LogP contribution in [0.4, 0.5) is 15.4 Å². The maximum Gasteiger partial charge on any atom is 0.404 e. The number of nitrogens with one attached hydrogen (secondary N) is 1. The number of rotatable bonds is 7. The van der Waals surface area contributed by atoms with Crippen LogP contribution in [-0.4, -0.2) is 40.6 Å². The highest BCUT2D eigenvalue weighted by Gasteiger charge is 2.47. The highest BCUT2D eigenvalue weighted by atomic mass is 35.5. The Morgan fingerprint density at radius 1 is 1.39 bits per heavy atom. The highest BCUT2D eigenvalue weighted by molar-refractivity contribution is 7.10. The zero-order valence-electron chi connectivity index (χ0n) is 19.2. The largest absolute Gasteiger partial charge is 0.447 e. The monoisotopic (exact) mass is 520 g/mol. The van der Waals surface area contributed by atoms with Crippen molar-refractivity contribution in [2.75, 3.05) is 19.0 Å². The van der Waals surface area contributed by atoms with E-state index in [-0.39, 0.29) is 6.61 Å². The molecule has 0 spiro atoms. The molecule has 1 fully saturated rings. The van der Waals surface area contributed by atoms with Gasteiger partial charge in [-0.1, -0.05) is 29.8 Å². The van der Waals surface area contributed by atoms with E-state index in [0.29, 0.717) is 32.7 Å². The molecule has 3 aromatic rings. The predicted octanol–water partition coefficient (Wildman–Crippen LogP) is 4.70. The smallest absolute Gasteiger partial charge is 0.404 e. The quantitative estimate of drug-likeness (QED) is 0.434. The van der Waals surface area contributed by atoms with Crippen LogP contribution in [0.3, 0.4) is 0 Å². The number of terminal acetylenes is 1. The predicted molar refractivity (Wildman–Crippen MR) is 136 cm³/mol. The van der Waals surface area contributed by atoms with E-state index >= 15 is 0 Å². The Morgan fingerprint density at radius 3 is 2.78 bits per heavy atom. The summed E-state index contributed by atoms with van der Waals surface area (Å²) < 4.78 is 5.03. The SMILES string of the molecule is C#Cc1nc(NC(=O)N(C)[C@@H](COC(N)=O)c2ccc(-c3cccnc3C3(C#N)CC3)c(Cl)c2)cs1. The summed E-state index contributed by atoms with van der Waals surface area (Å²) in [4.78, 5) is 34.2. The van der Waals surface area contributed by atoms with Gasteiger partial charge >= 0.3 is 12.1 Å². The van der Waals surface area contributed by atoms with Crippen LogP contribution in [0, 0.1) is 23.7 Å². The fourth-order valence-electron chi connectivity index (χ4n) is 3.82. The van der Waals surface area contributed by atoms with Crippen LogP contribution in [0.25, 0.3) is 11.1 Å². The molecule has 0 aliphatic heterocycles. The van der Waals surface area contributed by atoms with Crippen molar-refractivity contribution in [1.29, 1.82) is 5.26 Å². The first-order valence-electron chi connectivity index (χ1n) is 10.8. The first kappa shape index (κ1) is 25.0. The van der Waals surface area contributed by atoms with Crippen molar-refractivity contribution < 1.29 is 14.3 Å². The lowest BCUT2D eigenvalue weighted by Crippen LogP contribution is -2.38. The molecule has 1 atom stereocenters. The summed E-state index contributed by atoms with van der Waals surface area (Å²) in [5.41, 5.74) is 7.37. The van der Waals surface area contributed by atoms with Crippen LogP contribution in [0.5, 0.6) is 0 Å². The van der Waals surface area contributed by atoms with Crippen molar-refractivity contribution in [3.05, 3.63) is 63.2 Å². The van der Waals surface area contributed by atoms with Crippen molar-refractivity contribution >= 4 is 40.9 Å². The number of ether oxygens (including phenoxy) is 1. The molecule has 1 aromatic carbocycles. The third-order valence-corrected chi connectivity index (χ3v) is 7.01. The number of pyridine rings is 1. The van der Waals surface area contributed by atoms with Crippen LogP contribution in [-0.2, 0) is 10.2 Å². The second kappa shape index (κ2) is 10.2. The highest BCUT2D eigenvalue weighted by Crippen LogP contribution is 2.50. The molecule has 2 heterocycles. The number of nitrogens with two attached hydrogens (primary N) is 1. The molecule has 0 saturated heterocycles. The standard InChI is InChI=1S/C25H21ClN6O3S/c1-3-21-30-20(13-36-21)31-24(34)32(2)19(12-35-23(28)33)15-6-7-16(18(26)11-15)17-5-4-10-29-22(17)25(14-27)8-9-25/h1,4-7,10-11,13,19H,8-9,12H2,2H3,(H2,28,33)(H,31,34)/t19-/m0/s1. The van der Waals surface area contributed by atoms with E-state index < -0.39 is 23.6 Å². The fraction of sp³-hybridized carbons (Fsp3) is 0.240. The third-order valence-electron chi connectivity index (χ3n) is 5.93. The number of aromatic nitrogens is 2. The number of urea groups is 1. The van der Waals surface area contributed by atoms with Crippen molar-refractivity contribution in [3.8, 4) is 29.5 Å². The molecule has 0 unspecified atom stereocenters. The number of hydrogen-bond acceptors (Lipinski definition) is 7. The molecule has 0 bridgehead atoms. The number of primary amides is 1. The van der Waals surface area contributed by atoms with Gasteiger partial charge in [0.05, 0.1) is 17.8 Å². The van der Waals surface area contributed by atoms with Crippen molar-refractivity contribution in [2.24, 2.45) is 5.73 Å². The Labute approximate surface area is 216 Å². The Kier molecular flexibility index (Phi) is 7.11. The maximum atomic E-state index is 12.9. The van der Waals surface area contributed by atoms with Crippen molar-refractivity contribution in [3.63, 3.8) is 0 Å². The maximum absolute atomic E-state index is 12.9. The Hall–Kier alpha value is -4.12. The number of carbonyl (C=O) groups excluding carboxylic acids is 2. The number of halogens is 1. The van der Waals surface area contributed by atoms with E-state index in [1.807, 2.05) is 6.07 Å². The van der Waals surface area contributed by atoms with Crippen molar-refractivity contribution in [1.82, 2.24) is 14.9 Å². The summed E-state index contributed by atoms with van der Waals surface area (Å²) in [6.07, 6.45) is 7.53. The minimum Gasteiger partial charge on any atom is -0.447 e. The Bertz CT molecular complexity index is 1410. The molecule has 1 saturated carbocycles. The number of benzene rings is 1. The fourth-order valence-corrected chi connectivity index (χ4v) is 4.66. The number of nitriles is 1. The second-order valence-corrected chi connectivity index (χ2v) is 9.47. The normalized spacial score (nSPS) is 14.1. The number of thiazole rings is 1. The summed E-state index contributed by atoms with van der Waals surface area (Å²) in [7, 11) is 1.55. The van der Waals surface area contributed by atoms with Crippen LogP contribution in [0.2, 0.25) is 5.02 Å². The summed E-state index contributed by atoms with van der Waals surface area (Å²) in [6, 6.07) is 10.1. The number of likely N-dealkylation sites (N-methyl/N-ethyl adjacent to an activating group) is 1. The molecule has 4 rings (SSSR count). The lowest BCUT2D eigenvalue weighted by molar-refractivity contribution is 0.118. The van der Waals surface area contributed by atoms with Gasteiger partial charge in [-0.2, -0.15) is 5.26 Å². The Morgan fingerprint density at radius 2 is 2.17 bits per heavy atom. The second-order valence-electron chi connectivity index (χ2n) is 8.20. The molecule has 1 aliphatic carbocycles. The van der Waals surface area contributed by atoms with Crippen LogP contribution >= 0.6 is 22.9 Å². The van der Waals surface area contributed by atoms with E-state index in [1.54, 1.807) is 42.9 Å². The summed E-state index contributed by atoms with van der Waals surface area (Å²) in [5.74, 6) is 2.72. The van der Waals surface area contributed by atoms with Gasteiger partial charge < -0.3 is 15.4 Å². The van der Waals surface area contributed by atoms with Gasteiger partial charge in [0.25, 0.3) is 0 Å². The van der Waals surface area contributed by atoms with Gasteiger partial charge in [0, 0.05) is 34.8 Å². The Balaban J connectivity index is 1.63. The summed E-state index contributed by atoms with van der Waals surface area (Å²) in [6.45, 7) is -0.197. The lowest BCUT2D eigenvalue weighted by atomic mass is 9.93. The zero-order valence-corrected chi connectivity index (χ0v) is 20.8. The van der Waals surface area contributed by atoms with E-state index in [0.717, 1.165) is 18.4 Å². The van der Waals surface area contributed by atoms with Crippen LogP contribution in [0.15, 0.2) is 41.9 Å². The first-order valence-corrected chi connectivity index (χ1v) is 12.1. The van der Waals surface area contributed by atoms with Gasteiger partial charge in [-0.3, -0.25) is 10.3 Å². The lowest BCUT2D eigenvalue weighted by Gasteiger charge is -2.28. The number of carbonyl (C=O) groups is 2. The summed E-state index contributed by atoms with van der Waals surface area (Å²) in [5, 5.41) is 14.8. The molecular weight excluding hydrogens is 500 g/mol. The number of hydrogen-bond donors (Lipinski definition) is 2. The average Bonchev–Trinajstić information content (AvgIpc) is 3.55. The molecule has 0 radical (unpaired) electrons. The van der Waals surface area contributed by atoms with E-state index in [4.69, 9.17) is 28.5 Å². The van der Waals surface area contributed by atoms with Crippen molar-refractivity contribution in [2.45, 2.75) is 24.3 Å². The number of nitrogens with zero attached hydrogens (tertiary/aromatic N) is 4. The molecular formula is C25H21ClN6O3S. The molecule has 3 N–H and O–H groups in total. The van der Waals surface area contributed by atoms with Crippen LogP contribution < -0.4 is 11.1 Å². The number of amides is 3. The summed E-state index contributed by atoms with van der Waals surface area (Å²) >= 11 is 7.92. The van der Waals surface area contributed by atoms with E-state index in [1.165, 1.54) is 16.2 Å². The van der Waals surface area contributed by atoms with Crippen LogP contribution in [0.1, 0.15) is 35.1 Å². The zero-order chi connectivity index (χ0) is 25.9. The third kappa shape index (κ3) is 5.10. The molecule has 36 heavy (non-hydrogen) atoms.